The van der Waals surface area contributed by atoms with Crippen LogP contribution in [0.15, 0.2) is 108 Å². The predicted octanol–water partition coefficient (Wildman–Crippen LogP) is 5.80. The van der Waals surface area contributed by atoms with E-state index in [4.69, 9.17) is 0 Å². The highest BCUT2D eigenvalue weighted by Gasteiger charge is 2.34. The molecule has 0 saturated heterocycles. The number of hydrogen-bond acceptors (Lipinski definition) is 4. The number of anilines is 1. The standard InChI is InChI=1S/C35H38FN3O4S/c1-4-22-37-35(41)33(23-28-10-6-5-7-11-28)38(24-29-12-8-9-13-32(29)36)34(40)25-39(30-18-14-26(2)15-19-30)44(42,43)31-20-16-27(3)17-21-31/h5-21,33H,4,22-25H2,1-3H3,(H,37,41)/t33-/m1/s1. The van der Waals surface area contributed by atoms with Gasteiger partial charge in [-0.05, 0) is 56.2 Å². The molecule has 1 N–H and O–H groups in total. The Morgan fingerprint density at radius 1 is 0.818 bits per heavy atom. The van der Waals surface area contributed by atoms with Crippen molar-refractivity contribution in [1.29, 1.82) is 0 Å². The van der Waals surface area contributed by atoms with Crippen LogP contribution < -0.4 is 9.62 Å². The molecular formula is C35H38FN3O4S. The number of amides is 2. The van der Waals surface area contributed by atoms with Gasteiger partial charge in [-0.2, -0.15) is 0 Å². The van der Waals surface area contributed by atoms with Crippen molar-refractivity contribution in [3.63, 3.8) is 0 Å². The van der Waals surface area contributed by atoms with E-state index in [1.165, 1.54) is 23.1 Å². The molecule has 0 heterocycles. The first kappa shape index (κ1) is 32.4. The maximum atomic E-state index is 15.0. The smallest absolute Gasteiger partial charge is 0.264 e. The van der Waals surface area contributed by atoms with Gasteiger partial charge in [-0.1, -0.05) is 90.8 Å². The Labute approximate surface area is 259 Å². The summed E-state index contributed by atoms with van der Waals surface area (Å²) in [7, 11) is -4.20. The first-order chi connectivity index (χ1) is 21.1. The van der Waals surface area contributed by atoms with E-state index >= 15 is 0 Å². The van der Waals surface area contributed by atoms with Crippen LogP contribution in [-0.4, -0.2) is 44.3 Å². The number of carbonyl (C=O) groups excluding carboxylic acids is 2. The van der Waals surface area contributed by atoms with E-state index in [0.717, 1.165) is 21.0 Å². The minimum atomic E-state index is -4.20. The number of hydrogen-bond donors (Lipinski definition) is 1. The Kier molecular flexibility index (Phi) is 10.9. The van der Waals surface area contributed by atoms with Gasteiger partial charge in [0, 0.05) is 25.1 Å². The van der Waals surface area contributed by atoms with Crippen LogP contribution in [0, 0.1) is 19.7 Å². The van der Waals surface area contributed by atoms with Crippen molar-refractivity contribution in [2.75, 3.05) is 17.4 Å². The lowest BCUT2D eigenvalue weighted by atomic mass is 10.0. The molecule has 1 atom stereocenters. The summed E-state index contributed by atoms with van der Waals surface area (Å²) in [5, 5.41) is 2.88. The van der Waals surface area contributed by atoms with E-state index in [-0.39, 0.29) is 23.4 Å². The van der Waals surface area contributed by atoms with Crippen LogP contribution in [0.5, 0.6) is 0 Å². The topological polar surface area (TPSA) is 86.8 Å². The summed E-state index contributed by atoms with van der Waals surface area (Å²) >= 11 is 0. The van der Waals surface area contributed by atoms with Gasteiger partial charge < -0.3 is 10.2 Å². The molecule has 2 amide bonds. The lowest BCUT2D eigenvalue weighted by Crippen LogP contribution is -2.53. The van der Waals surface area contributed by atoms with Gasteiger partial charge >= 0.3 is 0 Å². The molecule has 0 aliphatic carbocycles. The van der Waals surface area contributed by atoms with Gasteiger partial charge in [0.15, 0.2) is 0 Å². The number of sulfonamides is 1. The fourth-order valence-corrected chi connectivity index (χ4v) is 6.22. The molecule has 0 radical (unpaired) electrons. The van der Waals surface area contributed by atoms with Crippen LogP contribution in [-0.2, 0) is 32.6 Å². The maximum absolute atomic E-state index is 15.0. The molecule has 4 aromatic carbocycles. The molecule has 0 bridgehead atoms. The summed E-state index contributed by atoms with van der Waals surface area (Å²) in [6, 6.07) is 27.5. The number of carbonyl (C=O) groups is 2. The molecule has 4 aromatic rings. The molecule has 0 aromatic heterocycles. The molecule has 7 nitrogen and oxygen atoms in total. The molecule has 4 rings (SSSR count). The molecule has 9 heteroatoms. The molecule has 44 heavy (non-hydrogen) atoms. The Bertz CT molecular complexity index is 1660. The predicted molar refractivity (Wildman–Crippen MR) is 171 cm³/mol. The molecule has 230 valence electrons. The maximum Gasteiger partial charge on any atom is 0.264 e. The van der Waals surface area contributed by atoms with Crippen LogP contribution >= 0.6 is 0 Å². The second-order valence-corrected chi connectivity index (χ2v) is 12.6. The molecule has 0 spiro atoms. The Balaban J connectivity index is 1.80. The monoisotopic (exact) mass is 615 g/mol. The molecule has 0 fully saturated rings. The second kappa shape index (κ2) is 14.8. The van der Waals surface area contributed by atoms with Crippen LogP contribution in [0.4, 0.5) is 10.1 Å². The van der Waals surface area contributed by atoms with E-state index in [9.17, 15) is 22.4 Å². The SMILES string of the molecule is CCCNC(=O)[C@@H](Cc1ccccc1)N(Cc1ccccc1F)C(=O)CN(c1ccc(C)cc1)S(=O)(=O)c1ccc(C)cc1. The van der Waals surface area contributed by atoms with Crippen molar-refractivity contribution < 1.29 is 22.4 Å². The number of halogens is 1. The first-order valence-corrected chi connectivity index (χ1v) is 16.0. The first-order valence-electron chi connectivity index (χ1n) is 14.6. The highest BCUT2D eigenvalue weighted by atomic mass is 32.2. The van der Waals surface area contributed by atoms with Crippen LogP contribution in [0.2, 0.25) is 0 Å². The summed E-state index contributed by atoms with van der Waals surface area (Å²) in [6.45, 7) is 5.23. The highest BCUT2D eigenvalue weighted by Crippen LogP contribution is 2.26. The van der Waals surface area contributed by atoms with Gasteiger partial charge in [-0.15, -0.1) is 0 Å². The molecule has 0 aliphatic rings. The fraction of sp³-hybridized carbons (Fsp3) is 0.257. The van der Waals surface area contributed by atoms with Crippen LogP contribution in [0.3, 0.4) is 0 Å². The van der Waals surface area contributed by atoms with Gasteiger partial charge in [0.25, 0.3) is 10.0 Å². The van der Waals surface area contributed by atoms with E-state index < -0.39 is 40.2 Å². The zero-order chi connectivity index (χ0) is 31.7. The molecule has 0 aliphatic heterocycles. The van der Waals surface area contributed by atoms with Gasteiger partial charge in [0.05, 0.1) is 10.6 Å². The number of rotatable bonds is 13. The third kappa shape index (κ3) is 8.11. The van der Waals surface area contributed by atoms with Crippen molar-refractivity contribution in [2.24, 2.45) is 0 Å². The van der Waals surface area contributed by atoms with Crippen molar-refractivity contribution in [1.82, 2.24) is 10.2 Å². The van der Waals surface area contributed by atoms with Crippen molar-refractivity contribution in [3.05, 3.63) is 131 Å². The second-order valence-electron chi connectivity index (χ2n) is 10.8. The van der Waals surface area contributed by atoms with E-state index in [0.29, 0.717) is 18.7 Å². The quantitative estimate of drug-likeness (QED) is 0.206. The van der Waals surface area contributed by atoms with E-state index in [2.05, 4.69) is 5.32 Å². The highest BCUT2D eigenvalue weighted by molar-refractivity contribution is 7.92. The largest absolute Gasteiger partial charge is 0.354 e. The minimum Gasteiger partial charge on any atom is -0.354 e. The fourth-order valence-electron chi connectivity index (χ4n) is 4.81. The van der Waals surface area contributed by atoms with Gasteiger partial charge in [0.2, 0.25) is 11.8 Å². The molecular weight excluding hydrogens is 577 g/mol. The summed E-state index contributed by atoms with van der Waals surface area (Å²) in [5.41, 5.74) is 3.12. The lowest BCUT2D eigenvalue weighted by molar-refractivity contribution is -0.140. The minimum absolute atomic E-state index is 0.0265. The average Bonchev–Trinajstić information content (AvgIpc) is 3.02. The van der Waals surface area contributed by atoms with Crippen molar-refractivity contribution in [3.8, 4) is 0 Å². The zero-order valence-corrected chi connectivity index (χ0v) is 26.1. The molecule has 0 unspecified atom stereocenters. The Morgan fingerprint density at radius 3 is 2.02 bits per heavy atom. The van der Waals surface area contributed by atoms with Crippen molar-refractivity contribution in [2.45, 2.75) is 51.1 Å². The number of nitrogens with one attached hydrogen (secondary N) is 1. The molecule has 0 saturated carbocycles. The summed E-state index contributed by atoms with van der Waals surface area (Å²) in [5.74, 6) is -1.57. The van der Waals surface area contributed by atoms with Crippen LogP contribution in [0.1, 0.15) is 35.6 Å². The summed E-state index contributed by atoms with van der Waals surface area (Å²) in [4.78, 5) is 29.3. The van der Waals surface area contributed by atoms with E-state index in [1.54, 1.807) is 54.6 Å². The van der Waals surface area contributed by atoms with Crippen LogP contribution in [0.25, 0.3) is 0 Å². The number of aryl methyl sites for hydroxylation is 2. The normalized spacial score (nSPS) is 11.9. The Hall–Kier alpha value is -4.50. The van der Waals surface area contributed by atoms with Gasteiger partial charge in [-0.25, -0.2) is 12.8 Å². The lowest BCUT2D eigenvalue weighted by Gasteiger charge is -2.34. The van der Waals surface area contributed by atoms with Crippen molar-refractivity contribution >= 4 is 27.5 Å². The zero-order valence-electron chi connectivity index (χ0n) is 25.2. The summed E-state index contributed by atoms with van der Waals surface area (Å²) < 4.78 is 44.1. The van der Waals surface area contributed by atoms with E-state index in [1.807, 2.05) is 51.1 Å². The number of benzene rings is 4. The Morgan fingerprint density at radius 2 is 1.41 bits per heavy atom. The third-order valence-electron chi connectivity index (χ3n) is 7.33. The van der Waals surface area contributed by atoms with Gasteiger partial charge in [-0.3, -0.25) is 13.9 Å². The number of nitrogens with zero attached hydrogens (tertiary/aromatic N) is 2. The van der Waals surface area contributed by atoms with Gasteiger partial charge in [0.1, 0.15) is 18.4 Å². The third-order valence-corrected chi connectivity index (χ3v) is 9.12. The average molecular weight is 616 g/mol. The summed E-state index contributed by atoms with van der Waals surface area (Å²) in [6.07, 6.45) is 0.840.